The van der Waals surface area contributed by atoms with Crippen molar-refractivity contribution in [3.8, 4) is 0 Å². The van der Waals surface area contributed by atoms with E-state index in [1.165, 1.54) is 12.1 Å². The molecule has 1 aromatic heterocycles. The first-order chi connectivity index (χ1) is 16.6. The van der Waals surface area contributed by atoms with Crippen molar-refractivity contribution < 1.29 is 14.0 Å². The van der Waals surface area contributed by atoms with Gasteiger partial charge in [-0.1, -0.05) is 52.0 Å². The van der Waals surface area contributed by atoms with E-state index in [2.05, 4.69) is 20.8 Å². The van der Waals surface area contributed by atoms with Gasteiger partial charge in [-0.25, -0.2) is 4.39 Å². The van der Waals surface area contributed by atoms with E-state index in [4.69, 9.17) is 0 Å². The van der Waals surface area contributed by atoms with Crippen LogP contribution in [0.15, 0.2) is 60.0 Å². The molecule has 0 saturated heterocycles. The van der Waals surface area contributed by atoms with Gasteiger partial charge in [0.2, 0.25) is 5.91 Å². The smallest absolute Gasteiger partial charge is 0.254 e. The minimum absolute atomic E-state index is 0.000681. The number of thiophene rings is 1. The van der Waals surface area contributed by atoms with Gasteiger partial charge in [-0.15, -0.1) is 11.3 Å². The van der Waals surface area contributed by atoms with Gasteiger partial charge in [0.05, 0.1) is 6.54 Å². The van der Waals surface area contributed by atoms with Crippen LogP contribution in [-0.2, 0) is 23.3 Å². The van der Waals surface area contributed by atoms with Gasteiger partial charge in [0, 0.05) is 23.5 Å². The van der Waals surface area contributed by atoms with Crippen molar-refractivity contribution in [3.63, 3.8) is 0 Å². The molecule has 0 fully saturated rings. The van der Waals surface area contributed by atoms with Gasteiger partial charge in [-0.2, -0.15) is 0 Å². The number of aryl methyl sites for hydroxylation is 1. The van der Waals surface area contributed by atoms with Crippen molar-refractivity contribution in [3.05, 3.63) is 92.9 Å². The number of amides is 2. The van der Waals surface area contributed by atoms with Crippen molar-refractivity contribution in [2.45, 2.75) is 59.5 Å². The lowest BCUT2D eigenvalue weighted by Crippen LogP contribution is -2.42. The highest BCUT2D eigenvalue weighted by molar-refractivity contribution is 7.10. The molecule has 0 N–H and O–H groups in total. The summed E-state index contributed by atoms with van der Waals surface area (Å²) in [5.41, 5.74) is 3.72. The largest absolute Gasteiger partial charge is 0.332 e. The first kappa shape index (κ1) is 26.6. The van der Waals surface area contributed by atoms with Crippen LogP contribution in [-0.4, -0.2) is 34.7 Å². The molecule has 3 aromatic rings. The highest BCUT2D eigenvalue weighted by Gasteiger charge is 2.24. The maximum atomic E-state index is 13.5. The first-order valence-electron chi connectivity index (χ1n) is 12.0. The van der Waals surface area contributed by atoms with Crippen molar-refractivity contribution >= 4 is 23.2 Å². The van der Waals surface area contributed by atoms with Crippen LogP contribution in [0, 0.1) is 12.7 Å². The lowest BCUT2D eigenvalue weighted by atomic mass is 9.86. The van der Waals surface area contributed by atoms with Gasteiger partial charge in [0.25, 0.3) is 5.91 Å². The lowest BCUT2D eigenvalue weighted by Gasteiger charge is -2.28. The molecule has 186 valence electrons. The van der Waals surface area contributed by atoms with Gasteiger partial charge in [0.1, 0.15) is 12.4 Å². The second-order valence-corrected chi connectivity index (χ2v) is 11.0. The zero-order valence-electron chi connectivity index (χ0n) is 21.3. The Morgan fingerprint density at radius 3 is 2.11 bits per heavy atom. The minimum atomic E-state index is -0.307. The Morgan fingerprint density at radius 2 is 1.57 bits per heavy atom. The highest BCUT2D eigenvalue weighted by atomic mass is 32.1. The Morgan fingerprint density at radius 1 is 0.914 bits per heavy atom. The Labute approximate surface area is 212 Å². The van der Waals surface area contributed by atoms with Crippen LogP contribution < -0.4 is 0 Å². The molecule has 2 aromatic carbocycles. The van der Waals surface area contributed by atoms with Crippen LogP contribution in [0.25, 0.3) is 0 Å². The molecular formula is C29H35FN2O2S. The van der Waals surface area contributed by atoms with Gasteiger partial charge in [-0.05, 0) is 71.2 Å². The molecule has 0 aliphatic carbocycles. The molecule has 0 radical (unpaired) electrons. The van der Waals surface area contributed by atoms with Crippen LogP contribution >= 0.6 is 11.3 Å². The van der Waals surface area contributed by atoms with Crippen LogP contribution in [0.2, 0.25) is 0 Å². The Bertz CT molecular complexity index is 1130. The fourth-order valence-electron chi connectivity index (χ4n) is 3.86. The maximum absolute atomic E-state index is 13.5. The number of rotatable bonds is 9. The number of hydrogen-bond acceptors (Lipinski definition) is 3. The van der Waals surface area contributed by atoms with Crippen LogP contribution in [0.5, 0.6) is 0 Å². The van der Waals surface area contributed by atoms with E-state index >= 15 is 0 Å². The van der Waals surface area contributed by atoms with E-state index in [9.17, 15) is 14.0 Å². The van der Waals surface area contributed by atoms with Gasteiger partial charge in [0.15, 0.2) is 0 Å². The lowest BCUT2D eigenvalue weighted by molar-refractivity contribution is -0.133. The maximum Gasteiger partial charge on any atom is 0.254 e. The van der Waals surface area contributed by atoms with E-state index in [-0.39, 0.29) is 29.6 Å². The van der Waals surface area contributed by atoms with Crippen molar-refractivity contribution in [1.29, 1.82) is 0 Å². The Balaban J connectivity index is 1.80. The number of halogens is 1. The van der Waals surface area contributed by atoms with E-state index in [0.29, 0.717) is 25.2 Å². The fraction of sp³-hybridized carbons (Fsp3) is 0.379. The summed E-state index contributed by atoms with van der Waals surface area (Å²) in [5, 5.41) is 2.01. The molecular weight excluding hydrogens is 459 g/mol. The number of carbonyl (C=O) groups excluding carboxylic acids is 2. The number of nitrogens with zero attached hydrogens (tertiary/aromatic N) is 2. The molecule has 0 saturated carbocycles. The second kappa shape index (κ2) is 11.6. The molecule has 1 heterocycles. The number of hydrogen-bond donors (Lipinski definition) is 0. The summed E-state index contributed by atoms with van der Waals surface area (Å²) in [5.74, 6) is -0.581. The third-order valence-corrected chi connectivity index (χ3v) is 7.05. The normalized spacial score (nSPS) is 11.4. The summed E-state index contributed by atoms with van der Waals surface area (Å²) in [7, 11) is 0. The molecule has 0 bridgehead atoms. The molecule has 4 nitrogen and oxygen atoms in total. The first-order valence-corrected chi connectivity index (χ1v) is 12.9. The van der Waals surface area contributed by atoms with E-state index < -0.39 is 0 Å². The third kappa shape index (κ3) is 7.25. The molecule has 0 spiro atoms. The Kier molecular flexibility index (Phi) is 8.84. The molecule has 6 heteroatoms. The van der Waals surface area contributed by atoms with Crippen molar-refractivity contribution in [2.24, 2.45) is 0 Å². The summed E-state index contributed by atoms with van der Waals surface area (Å²) in [6.07, 6.45) is 0.751. The standard InChI is InChI=1S/C29H35FN2O2S/c1-6-16-31(28(34)23-9-11-24(12-10-23)29(3,4)5)20-27(33)32(19-26-21(2)15-17-35-26)18-22-7-13-25(30)14-8-22/h7-15,17H,6,16,18-20H2,1-5H3. The van der Waals surface area contributed by atoms with Crippen molar-refractivity contribution in [2.75, 3.05) is 13.1 Å². The zero-order valence-corrected chi connectivity index (χ0v) is 22.1. The van der Waals surface area contributed by atoms with Crippen LogP contribution in [0.3, 0.4) is 0 Å². The summed E-state index contributed by atoms with van der Waals surface area (Å²) < 4.78 is 13.4. The van der Waals surface area contributed by atoms with Gasteiger partial charge in [-0.3, -0.25) is 9.59 Å². The SMILES string of the molecule is CCCN(CC(=O)N(Cc1ccc(F)cc1)Cc1sccc1C)C(=O)c1ccc(C(C)(C)C)cc1. The monoisotopic (exact) mass is 494 g/mol. The molecule has 0 aliphatic rings. The fourth-order valence-corrected chi connectivity index (χ4v) is 4.78. The topological polar surface area (TPSA) is 40.6 Å². The molecule has 0 atom stereocenters. The summed E-state index contributed by atoms with van der Waals surface area (Å²) >= 11 is 1.61. The third-order valence-electron chi connectivity index (χ3n) is 6.05. The van der Waals surface area contributed by atoms with E-state index in [1.54, 1.807) is 33.3 Å². The molecule has 0 unspecified atom stereocenters. The predicted molar refractivity (Wildman–Crippen MR) is 141 cm³/mol. The molecule has 35 heavy (non-hydrogen) atoms. The van der Waals surface area contributed by atoms with Crippen molar-refractivity contribution in [1.82, 2.24) is 9.80 Å². The van der Waals surface area contributed by atoms with Gasteiger partial charge < -0.3 is 9.80 Å². The average Bonchev–Trinajstić information content (AvgIpc) is 3.23. The molecule has 3 rings (SSSR count). The summed E-state index contributed by atoms with van der Waals surface area (Å²) in [4.78, 5) is 31.3. The number of benzene rings is 2. The predicted octanol–water partition coefficient (Wildman–Crippen LogP) is 6.57. The molecule has 0 aliphatic heterocycles. The number of carbonyl (C=O) groups is 2. The summed E-state index contributed by atoms with van der Waals surface area (Å²) in [6.45, 7) is 11.7. The molecule has 2 amide bonds. The van der Waals surface area contributed by atoms with Gasteiger partial charge >= 0.3 is 0 Å². The summed E-state index contributed by atoms with van der Waals surface area (Å²) in [6, 6.07) is 15.9. The highest BCUT2D eigenvalue weighted by Crippen LogP contribution is 2.23. The van der Waals surface area contributed by atoms with Crippen LogP contribution in [0.4, 0.5) is 4.39 Å². The quantitative estimate of drug-likeness (QED) is 0.337. The van der Waals surface area contributed by atoms with E-state index in [0.717, 1.165) is 28.0 Å². The minimum Gasteiger partial charge on any atom is -0.332 e. The average molecular weight is 495 g/mol. The Hall–Kier alpha value is -2.99. The second-order valence-electron chi connectivity index (χ2n) is 9.96. The zero-order chi connectivity index (χ0) is 25.6. The van der Waals surface area contributed by atoms with Crippen LogP contribution in [0.1, 0.15) is 66.0 Å². The van der Waals surface area contributed by atoms with E-state index in [1.807, 2.05) is 49.6 Å².